The summed E-state index contributed by atoms with van der Waals surface area (Å²) in [4.78, 5) is 0. The number of rotatable bonds is 24. The summed E-state index contributed by atoms with van der Waals surface area (Å²) in [5.41, 5.74) is 0. The topological polar surface area (TPSA) is 12.0 Å². The molecule has 1 heteroatoms. The van der Waals surface area contributed by atoms with Crippen molar-refractivity contribution in [3.05, 3.63) is 0 Å². The molecule has 0 aromatic rings. The summed E-state index contributed by atoms with van der Waals surface area (Å²) in [7, 11) is 0. The zero-order valence-electron chi connectivity index (χ0n) is 21.9. The summed E-state index contributed by atoms with van der Waals surface area (Å²) >= 11 is 0. The second-order valence-electron chi connectivity index (χ2n) is 10.8. The van der Waals surface area contributed by atoms with Gasteiger partial charge in [0.15, 0.2) is 0 Å². The normalized spacial score (nSPS) is 15.0. The molecule has 186 valence electrons. The fraction of sp³-hybridized carbons (Fsp3) is 1.00. The van der Waals surface area contributed by atoms with Gasteiger partial charge < -0.3 is 5.32 Å². The van der Waals surface area contributed by atoms with E-state index >= 15 is 0 Å². The van der Waals surface area contributed by atoms with Crippen LogP contribution in [0.3, 0.4) is 0 Å². The van der Waals surface area contributed by atoms with Crippen molar-refractivity contribution in [3.8, 4) is 0 Å². The van der Waals surface area contributed by atoms with Gasteiger partial charge in [0.25, 0.3) is 0 Å². The van der Waals surface area contributed by atoms with Crippen LogP contribution >= 0.6 is 0 Å². The molecule has 1 aliphatic heterocycles. The SMILES string of the molecule is CCCCCCCCCCCCCCCCCCCCCCCCCC1CCNCC1. The lowest BCUT2D eigenvalue weighted by atomic mass is 9.92. The van der Waals surface area contributed by atoms with Gasteiger partial charge in [-0.1, -0.05) is 161 Å². The first-order chi connectivity index (χ1) is 15.4. The number of piperidine rings is 1. The molecule has 0 amide bonds. The van der Waals surface area contributed by atoms with Crippen LogP contribution in [0.15, 0.2) is 0 Å². The van der Waals surface area contributed by atoms with Crippen molar-refractivity contribution in [2.45, 2.75) is 174 Å². The molecule has 1 heterocycles. The maximum atomic E-state index is 3.48. The molecule has 0 atom stereocenters. The lowest BCUT2D eigenvalue weighted by Gasteiger charge is -2.22. The molecule has 31 heavy (non-hydrogen) atoms. The minimum absolute atomic E-state index is 1.04. The van der Waals surface area contributed by atoms with Crippen LogP contribution in [0.2, 0.25) is 0 Å². The van der Waals surface area contributed by atoms with Crippen LogP contribution in [-0.4, -0.2) is 13.1 Å². The highest BCUT2D eigenvalue weighted by Crippen LogP contribution is 2.20. The molecule has 0 spiro atoms. The zero-order valence-corrected chi connectivity index (χ0v) is 21.9. The number of hydrogen-bond donors (Lipinski definition) is 1. The van der Waals surface area contributed by atoms with Gasteiger partial charge in [-0.15, -0.1) is 0 Å². The molecule has 0 saturated carbocycles. The van der Waals surface area contributed by atoms with Gasteiger partial charge in [0.05, 0.1) is 0 Å². The highest BCUT2D eigenvalue weighted by atomic mass is 14.9. The quantitative estimate of drug-likeness (QED) is 0.149. The first-order valence-corrected chi connectivity index (χ1v) is 15.1. The van der Waals surface area contributed by atoms with Crippen molar-refractivity contribution in [2.75, 3.05) is 13.1 Å². The molecular weight excluding hydrogens is 374 g/mol. The third kappa shape index (κ3) is 21.6. The highest BCUT2D eigenvalue weighted by Gasteiger charge is 2.11. The van der Waals surface area contributed by atoms with Crippen LogP contribution in [-0.2, 0) is 0 Å². The van der Waals surface area contributed by atoms with Crippen LogP contribution in [0.5, 0.6) is 0 Å². The Hall–Kier alpha value is -0.0400. The fourth-order valence-corrected chi connectivity index (χ4v) is 5.39. The van der Waals surface area contributed by atoms with E-state index in [1.54, 1.807) is 0 Å². The van der Waals surface area contributed by atoms with E-state index in [9.17, 15) is 0 Å². The average molecular weight is 436 g/mol. The molecule has 0 bridgehead atoms. The standard InChI is InChI=1S/C30H61N/c1-2-3-4-5-6-7-8-9-10-11-12-13-14-15-16-17-18-19-20-21-22-23-24-25-30-26-28-31-29-27-30/h30-31H,2-29H2,1H3. The summed E-state index contributed by atoms with van der Waals surface area (Å²) in [5, 5.41) is 3.48. The predicted molar refractivity (Wildman–Crippen MR) is 142 cm³/mol. The number of unbranched alkanes of at least 4 members (excludes halogenated alkanes) is 22. The van der Waals surface area contributed by atoms with Crippen molar-refractivity contribution >= 4 is 0 Å². The Bertz CT molecular complexity index is 320. The van der Waals surface area contributed by atoms with E-state index in [4.69, 9.17) is 0 Å². The van der Waals surface area contributed by atoms with Gasteiger partial charge in [0.2, 0.25) is 0 Å². The second kappa shape index (κ2) is 24.6. The summed E-state index contributed by atoms with van der Waals surface area (Å²) in [5.74, 6) is 1.04. The Morgan fingerprint density at radius 1 is 0.419 bits per heavy atom. The van der Waals surface area contributed by atoms with E-state index in [1.807, 2.05) is 0 Å². The lowest BCUT2D eigenvalue weighted by Crippen LogP contribution is -2.27. The summed E-state index contributed by atoms with van der Waals surface area (Å²) in [6.45, 7) is 4.84. The molecule has 0 aliphatic carbocycles. The molecule has 1 fully saturated rings. The Morgan fingerprint density at radius 2 is 0.710 bits per heavy atom. The van der Waals surface area contributed by atoms with Crippen molar-refractivity contribution in [1.29, 1.82) is 0 Å². The van der Waals surface area contributed by atoms with Crippen LogP contribution in [0.1, 0.15) is 174 Å². The summed E-state index contributed by atoms with van der Waals surface area (Å²) in [6, 6.07) is 0. The first kappa shape index (κ1) is 29.0. The summed E-state index contributed by atoms with van der Waals surface area (Å²) in [6.07, 6.45) is 38.5. The van der Waals surface area contributed by atoms with Gasteiger partial charge in [-0.3, -0.25) is 0 Å². The molecule has 0 aromatic heterocycles. The predicted octanol–water partition coefficient (Wildman–Crippen LogP) is 10.4. The molecule has 1 saturated heterocycles. The molecule has 1 aliphatic rings. The summed E-state index contributed by atoms with van der Waals surface area (Å²) < 4.78 is 0. The molecular formula is C30H61N. The lowest BCUT2D eigenvalue weighted by molar-refractivity contribution is 0.342. The molecule has 0 aromatic carbocycles. The van der Waals surface area contributed by atoms with E-state index in [0.29, 0.717) is 0 Å². The Labute approximate surface area is 198 Å². The van der Waals surface area contributed by atoms with E-state index in [1.165, 1.54) is 180 Å². The largest absolute Gasteiger partial charge is 0.317 e. The average Bonchev–Trinajstić information content (AvgIpc) is 2.80. The Balaban J connectivity index is 1.62. The molecule has 0 radical (unpaired) electrons. The maximum absolute atomic E-state index is 3.48. The van der Waals surface area contributed by atoms with Gasteiger partial charge in [-0.2, -0.15) is 0 Å². The minimum Gasteiger partial charge on any atom is -0.317 e. The third-order valence-corrected chi connectivity index (χ3v) is 7.67. The fourth-order valence-electron chi connectivity index (χ4n) is 5.39. The molecule has 0 unspecified atom stereocenters. The highest BCUT2D eigenvalue weighted by molar-refractivity contribution is 4.68. The number of nitrogens with one attached hydrogen (secondary N) is 1. The van der Waals surface area contributed by atoms with E-state index in [-0.39, 0.29) is 0 Å². The van der Waals surface area contributed by atoms with Crippen LogP contribution < -0.4 is 5.32 Å². The third-order valence-electron chi connectivity index (χ3n) is 7.67. The van der Waals surface area contributed by atoms with Gasteiger partial charge in [-0.05, 0) is 31.8 Å². The first-order valence-electron chi connectivity index (χ1n) is 15.1. The molecule has 1 N–H and O–H groups in total. The van der Waals surface area contributed by atoms with E-state index in [2.05, 4.69) is 12.2 Å². The van der Waals surface area contributed by atoms with Gasteiger partial charge in [0, 0.05) is 0 Å². The van der Waals surface area contributed by atoms with Crippen molar-refractivity contribution in [1.82, 2.24) is 5.32 Å². The Kier molecular flexibility index (Phi) is 23.0. The second-order valence-corrected chi connectivity index (χ2v) is 10.8. The smallest absolute Gasteiger partial charge is 0.00463 e. The van der Waals surface area contributed by atoms with Crippen LogP contribution in [0.25, 0.3) is 0 Å². The van der Waals surface area contributed by atoms with Crippen LogP contribution in [0, 0.1) is 5.92 Å². The van der Waals surface area contributed by atoms with Crippen molar-refractivity contribution < 1.29 is 0 Å². The van der Waals surface area contributed by atoms with Crippen molar-refractivity contribution in [2.24, 2.45) is 5.92 Å². The van der Waals surface area contributed by atoms with Crippen molar-refractivity contribution in [3.63, 3.8) is 0 Å². The van der Waals surface area contributed by atoms with Gasteiger partial charge >= 0.3 is 0 Å². The minimum atomic E-state index is 1.04. The van der Waals surface area contributed by atoms with Gasteiger partial charge in [-0.25, -0.2) is 0 Å². The van der Waals surface area contributed by atoms with Crippen LogP contribution in [0.4, 0.5) is 0 Å². The molecule has 1 nitrogen and oxygen atoms in total. The monoisotopic (exact) mass is 435 g/mol. The Morgan fingerprint density at radius 3 is 1.03 bits per heavy atom. The number of hydrogen-bond acceptors (Lipinski definition) is 1. The van der Waals surface area contributed by atoms with E-state index in [0.717, 1.165) is 5.92 Å². The maximum Gasteiger partial charge on any atom is -0.00463 e. The zero-order chi connectivity index (χ0) is 22.1. The van der Waals surface area contributed by atoms with Gasteiger partial charge in [0.1, 0.15) is 0 Å². The van der Waals surface area contributed by atoms with E-state index < -0.39 is 0 Å². The molecule has 1 rings (SSSR count).